The van der Waals surface area contributed by atoms with Crippen LogP contribution in [0.1, 0.15) is 20.8 Å². The minimum Gasteiger partial charge on any atom is -0.411 e. The van der Waals surface area contributed by atoms with Crippen LogP contribution in [0.25, 0.3) is 0 Å². The second-order valence-electron chi connectivity index (χ2n) is 2.59. The molecule has 0 aromatic rings. The van der Waals surface area contributed by atoms with Crippen molar-refractivity contribution in [2.45, 2.75) is 26.8 Å². The van der Waals surface area contributed by atoms with Gasteiger partial charge in [-0.25, -0.2) is 0 Å². The number of aliphatic imine (C=N–C) groups is 1. The monoisotopic (exact) mass is 157 g/mol. The summed E-state index contributed by atoms with van der Waals surface area (Å²) in [5.74, 6) is 0. The Morgan fingerprint density at radius 1 is 1.45 bits per heavy atom. The van der Waals surface area contributed by atoms with Gasteiger partial charge in [-0.1, -0.05) is 5.16 Å². The third-order valence-electron chi connectivity index (χ3n) is 1.29. The van der Waals surface area contributed by atoms with Gasteiger partial charge < -0.3 is 10.9 Å². The molecule has 0 radical (unpaired) electrons. The molecule has 0 rings (SSSR count). The average Bonchev–Trinajstić information content (AvgIpc) is 1.98. The number of nitrogens with two attached hydrogens (primary N) is 1. The zero-order valence-electron chi connectivity index (χ0n) is 7.20. The van der Waals surface area contributed by atoms with Gasteiger partial charge in [-0.15, -0.1) is 0 Å². The third kappa shape index (κ3) is 4.50. The fourth-order valence-electron chi connectivity index (χ4n) is 0.468. The Morgan fingerprint density at radius 2 is 2.00 bits per heavy atom. The molecule has 1 atom stereocenters. The smallest absolute Gasteiger partial charge is 0.0971 e. The Morgan fingerprint density at radius 3 is 2.36 bits per heavy atom. The van der Waals surface area contributed by atoms with E-state index in [2.05, 4.69) is 10.1 Å². The van der Waals surface area contributed by atoms with Crippen LogP contribution in [0.15, 0.2) is 10.1 Å². The van der Waals surface area contributed by atoms with Crippen LogP contribution in [0, 0.1) is 0 Å². The molecule has 0 aliphatic heterocycles. The quantitative estimate of drug-likeness (QED) is 0.358. The highest BCUT2D eigenvalue weighted by Crippen LogP contribution is 1.85. The van der Waals surface area contributed by atoms with E-state index in [0.29, 0.717) is 12.3 Å². The van der Waals surface area contributed by atoms with Gasteiger partial charge >= 0.3 is 0 Å². The summed E-state index contributed by atoms with van der Waals surface area (Å²) in [5.41, 5.74) is 6.73. The number of nitrogens with zero attached hydrogens (tertiary/aromatic N) is 2. The Kier molecular flexibility index (Phi) is 4.45. The van der Waals surface area contributed by atoms with Gasteiger partial charge in [-0.3, -0.25) is 4.99 Å². The number of rotatable bonds is 3. The fourth-order valence-corrected chi connectivity index (χ4v) is 0.468. The largest absolute Gasteiger partial charge is 0.411 e. The molecule has 0 aromatic heterocycles. The fraction of sp³-hybridized carbons (Fsp3) is 0.714. The molecule has 0 aliphatic carbocycles. The molecule has 0 saturated carbocycles. The van der Waals surface area contributed by atoms with E-state index in [1.54, 1.807) is 13.8 Å². The molecule has 0 spiro atoms. The highest BCUT2D eigenvalue weighted by molar-refractivity contribution is 6.40. The Bertz CT molecular complexity index is 173. The van der Waals surface area contributed by atoms with Crippen molar-refractivity contribution in [1.29, 1.82) is 0 Å². The summed E-state index contributed by atoms with van der Waals surface area (Å²) in [5, 5.41) is 11.4. The standard InChI is InChI=1S/C7H15N3O/c1-5(8)4-9-6(2)7(3)10-11/h5,11H,4,8H2,1-3H3/b9-6?,10-7+. The van der Waals surface area contributed by atoms with Gasteiger partial charge in [0, 0.05) is 6.04 Å². The van der Waals surface area contributed by atoms with E-state index in [-0.39, 0.29) is 6.04 Å². The molecule has 0 aliphatic rings. The lowest BCUT2D eigenvalue weighted by molar-refractivity contribution is 0.320. The second-order valence-corrected chi connectivity index (χ2v) is 2.59. The number of hydrogen-bond donors (Lipinski definition) is 2. The van der Waals surface area contributed by atoms with Crippen molar-refractivity contribution >= 4 is 11.4 Å². The molecule has 0 heterocycles. The molecule has 0 fully saturated rings. The molecule has 1 unspecified atom stereocenters. The summed E-state index contributed by atoms with van der Waals surface area (Å²) in [6, 6.07) is 0.0523. The summed E-state index contributed by atoms with van der Waals surface area (Å²) >= 11 is 0. The predicted octanol–water partition coefficient (Wildman–Crippen LogP) is 0.645. The van der Waals surface area contributed by atoms with E-state index < -0.39 is 0 Å². The van der Waals surface area contributed by atoms with Crippen molar-refractivity contribution in [1.82, 2.24) is 0 Å². The SMILES string of the molecule is CC(=NCC(C)N)/C(C)=N/O. The molecule has 4 heteroatoms. The summed E-state index contributed by atoms with van der Waals surface area (Å²) in [4.78, 5) is 4.10. The first-order valence-electron chi connectivity index (χ1n) is 3.53. The topological polar surface area (TPSA) is 71.0 Å². The first kappa shape index (κ1) is 10.1. The third-order valence-corrected chi connectivity index (χ3v) is 1.29. The summed E-state index contributed by atoms with van der Waals surface area (Å²) < 4.78 is 0. The van der Waals surface area contributed by atoms with Crippen molar-refractivity contribution in [3.8, 4) is 0 Å². The van der Waals surface area contributed by atoms with Crippen molar-refractivity contribution in [3.05, 3.63) is 0 Å². The van der Waals surface area contributed by atoms with Gasteiger partial charge in [0.15, 0.2) is 0 Å². The van der Waals surface area contributed by atoms with Gasteiger partial charge in [-0.2, -0.15) is 0 Å². The maximum atomic E-state index is 8.35. The first-order chi connectivity index (χ1) is 5.07. The molecule has 0 amide bonds. The lowest BCUT2D eigenvalue weighted by Gasteiger charge is -2.00. The van der Waals surface area contributed by atoms with Gasteiger partial charge in [0.1, 0.15) is 0 Å². The highest BCUT2D eigenvalue weighted by atomic mass is 16.4. The Labute approximate surface area is 66.8 Å². The van der Waals surface area contributed by atoms with Crippen LogP contribution < -0.4 is 5.73 Å². The lowest BCUT2D eigenvalue weighted by atomic mass is 10.3. The van der Waals surface area contributed by atoms with E-state index in [1.807, 2.05) is 6.92 Å². The number of hydrogen-bond acceptors (Lipinski definition) is 4. The van der Waals surface area contributed by atoms with Gasteiger partial charge in [-0.05, 0) is 20.8 Å². The minimum atomic E-state index is 0.0523. The molecule has 64 valence electrons. The summed E-state index contributed by atoms with van der Waals surface area (Å²) in [6.07, 6.45) is 0. The van der Waals surface area contributed by atoms with Gasteiger partial charge in [0.25, 0.3) is 0 Å². The summed E-state index contributed by atoms with van der Waals surface area (Å²) in [7, 11) is 0. The van der Waals surface area contributed by atoms with E-state index in [9.17, 15) is 0 Å². The molecule has 0 bridgehead atoms. The van der Waals surface area contributed by atoms with Crippen molar-refractivity contribution in [3.63, 3.8) is 0 Å². The molecule has 0 aromatic carbocycles. The maximum absolute atomic E-state index is 8.35. The molecule has 0 saturated heterocycles. The zero-order chi connectivity index (χ0) is 8.85. The Hall–Kier alpha value is -0.900. The Balaban J connectivity index is 4.01. The van der Waals surface area contributed by atoms with Crippen LogP contribution in [-0.2, 0) is 0 Å². The van der Waals surface area contributed by atoms with Crippen LogP contribution in [0.5, 0.6) is 0 Å². The van der Waals surface area contributed by atoms with E-state index in [0.717, 1.165) is 5.71 Å². The highest BCUT2D eigenvalue weighted by Gasteiger charge is 1.96. The normalized spacial score (nSPS) is 16.7. The summed E-state index contributed by atoms with van der Waals surface area (Å²) in [6.45, 7) is 5.93. The van der Waals surface area contributed by atoms with Crippen LogP contribution in [0.3, 0.4) is 0 Å². The molecule has 11 heavy (non-hydrogen) atoms. The van der Waals surface area contributed by atoms with E-state index in [4.69, 9.17) is 10.9 Å². The predicted molar refractivity (Wildman–Crippen MR) is 46.5 cm³/mol. The van der Waals surface area contributed by atoms with Crippen molar-refractivity contribution in [2.24, 2.45) is 15.9 Å². The van der Waals surface area contributed by atoms with E-state index >= 15 is 0 Å². The van der Waals surface area contributed by atoms with Crippen LogP contribution in [-0.4, -0.2) is 29.2 Å². The van der Waals surface area contributed by atoms with Crippen molar-refractivity contribution < 1.29 is 5.21 Å². The van der Waals surface area contributed by atoms with Crippen LogP contribution in [0.2, 0.25) is 0 Å². The zero-order valence-corrected chi connectivity index (χ0v) is 7.20. The molecule has 3 N–H and O–H groups in total. The van der Waals surface area contributed by atoms with Crippen molar-refractivity contribution in [2.75, 3.05) is 6.54 Å². The number of oxime groups is 1. The van der Waals surface area contributed by atoms with Crippen LogP contribution >= 0.6 is 0 Å². The van der Waals surface area contributed by atoms with Gasteiger partial charge in [0.05, 0.1) is 18.0 Å². The second kappa shape index (κ2) is 4.85. The molecular weight excluding hydrogens is 142 g/mol. The molecular formula is C7H15N3O. The average molecular weight is 157 g/mol. The lowest BCUT2D eigenvalue weighted by Crippen LogP contribution is -2.20. The van der Waals surface area contributed by atoms with Crippen LogP contribution in [0.4, 0.5) is 0 Å². The maximum Gasteiger partial charge on any atom is 0.0971 e. The van der Waals surface area contributed by atoms with Gasteiger partial charge in [0.2, 0.25) is 0 Å². The van der Waals surface area contributed by atoms with E-state index in [1.165, 1.54) is 0 Å². The molecule has 4 nitrogen and oxygen atoms in total. The minimum absolute atomic E-state index is 0.0523. The first-order valence-corrected chi connectivity index (χ1v) is 3.53.